The molecule has 1 N–H and O–H groups in total. The molecule has 0 radical (unpaired) electrons. The normalized spacial score (nSPS) is 10.3. The van der Waals surface area contributed by atoms with Gasteiger partial charge in [0.25, 0.3) is 0 Å². The number of methoxy groups -OCH3 is 1. The molecule has 0 aliphatic carbocycles. The number of amides is 1. The van der Waals surface area contributed by atoms with E-state index < -0.39 is 0 Å². The van der Waals surface area contributed by atoms with Gasteiger partial charge in [-0.15, -0.1) is 0 Å². The summed E-state index contributed by atoms with van der Waals surface area (Å²) in [4.78, 5) is 12.0. The van der Waals surface area contributed by atoms with Crippen LogP contribution in [0, 0.1) is 0 Å². The predicted octanol–water partition coefficient (Wildman–Crippen LogP) is 3.55. The second-order valence-electron chi connectivity index (χ2n) is 5.61. The third kappa shape index (κ3) is 5.44. The molecule has 23 heavy (non-hydrogen) atoms. The lowest BCUT2D eigenvalue weighted by Crippen LogP contribution is -2.26. The van der Waals surface area contributed by atoms with E-state index in [0.717, 1.165) is 30.6 Å². The molecule has 2 rings (SSSR count). The minimum absolute atomic E-state index is 0.0780. The summed E-state index contributed by atoms with van der Waals surface area (Å²) in [5.41, 5.74) is 3.54. The van der Waals surface area contributed by atoms with Gasteiger partial charge in [-0.1, -0.05) is 49.4 Å². The topological polar surface area (TPSA) is 38.3 Å². The summed E-state index contributed by atoms with van der Waals surface area (Å²) >= 11 is 0. The minimum Gasteiger partial charge on any atom is -0.496 e. The van der Waals surface area contributed by atoms with Crippen LogP contribution in [-0.4, -0.2) is 19.6 Å². The van der Waals surface area contributed by atoms with Gasteiger partial charge in [-0.05, 0) is 42.0 Å². The SMILES string of the molecule is CCc1ccc(CC(=O)NCCCc2ccccc2OC)cc1. The molecule has 0 heterocycles. The van der Waals surface area contributed by atoms with Crippen molar-refractivity contribution in [3.63, 3.8) is 0 Å². The van der Waals surface area contributed by atoms with E-state index in [2.05, 4.69) is 30.4 Å². The third-order valence-electron chi connectivity index (χ3n) is 3.93. The highest BCUT2D eigenvalue weighted by atomic mass is 16.5. The van der Waals surface area contributed by atoms with Crippen LogP contribution in [0.4, 0.5) is 0 Å². The van der Waals surface area contributed by atoms with Crippen LogP contribution in [0.2, 0.25) is 0 Å². The van der Waals surface area contributed by atoms with Crippen LogP contribution in [0.1, 0.15) is 30.0 Å². The predicted molar refractivity (Wildman–Crippen MR) is 93.8 cm³/mol. The summed E-state index contributed by atoms with van der Waals surface area (Å²) in [5.74, 6) is 0.990. The summed E-state index contributed by atoms with van der Waals surface area (Å²) in [5, 5.41) is 2.99. The maximum absolute atomic E-state index is 12.0. The van der Waals surface area contributed by atoms with Crippen LogP contribution in [-0.2, 0) is 24.1 Å². The number of ether oxygens (including phenoxy) is 1. The van der Waals surface area contributed by atoms with Gasteiger partial charge in [-0.25, -0.2) is 0 Å². The number of nitrogens with one attached hydrogen (secondary N) is 1. The van der Waals surface area contributed by atoms with Crippen molar-refractivity contribution in [3.05, 3.63) is 65.2 Å². The van der Waals surface area contributed by atoms with Gasteiger partial charge in [0.05, 0.1) is 13.5 Å². The number of aryl methyl sites for hydroxylation is 2. The first-order valence-electron chi connectivity index (χ1n) is 8.19. The van der Waals surface area contributed by atoms with Crippen molar-refractivity contribution >= 4 is 5.91 Å². The van der Waals surface area contributed by atoms with E-state index >= 15 is 0 Å². The molecule has 0 unspecified atom stereocenters. The average molecular weight is 311 g/mol. The Hall–Kier alpha value is -2.29. The quantitative estimate of drug-likeness (QED) is 0.757. The van der Waals surface area contributed by atoms with Crippen molar-refractivity contribution in [1.29, 1.82) is 0 Å². The molecule has 0 aliphatic heterocycles. The van der Waals surface area contributed by atoms with Gasteiger partial charge in [0.15, 0.2) is 0 Å². The van der Waals surface area contributed by atoms with E-state index in [4.69, 9.17) is 4.74 Å². The van der Waals surface area contributed by atoms with Gasteiger partial charge >= 0.3 is 0 Å². The van der Waals surface area contributed by atoms with Crippen LogP contribution in [0.3, 0.4) is 0 Å². The van der Waals surface area contributed by atoms with Crippen molar-refractivity contribution in [2.45, 2.75) is 32.6 Å². The molecule has 0 fully saturated rings. The lowest BCUT2D eigenvalue weighted by molar-refractivity contribution is -0.120. The summed E-state index contributed by atoms with van der Waals surface area (Å²) < 4.78 is 5.33. The first-order chi connectivity index (χ1) is 11.2. The Morgan fingerprint density at radius 2 is 1.74 bits per heavy atom. The van der Waals surface area contributed by atoms with Crippen LogP contribution in [0.5, 0.6) is 5.75 Å². The highest BCUT2D eigenvalue weighted by Gasteiger charge is 2.04. The standard InChI is InChI=1S/C20H25NO2/c1-3-16-10-12-17(13-11-16)15-20(22)21-14-6-8-18-7-4-5-9-19(18)23-2/h4-5,7,9-13H,3,6,8,14-15H2,1-2H3,(H,21,22). The fraction of sp³-hybridized carbons (Fsp3) is 0.350. The number of benzene rings is 2. The third-order valence-corrected chi connectivity index (χ3v) is 3.93. The second-order valence-corrected chi connectivity index (χ2v) is 5.61. The first-order valence-corrected chi connectivity index (χ1v) is 8.19. The molecule has 2 aromatic carbocycles. The number of carbonyl (C=O) groups is 1. The molecular formula is C20H25NO2. The van der Waals surface area contributed by atoms with Crippen LogP contribution < -0.4 is 10.1 Å². The molecule has 1 amide bonds. The van der Waals surface area contributed by atoms with Crippen molar-refractivity contribution in [2.24, 2.45) is 0 Å². The summed E-state index contributed by atoms with van der Waals surface area (Å²) in [6.07, 6.45) is 3.27. The zero-order valence-electron chi connectivity index (χ0n) is 14.0. The summed E-state index contributed by atoms with van der Waals surface area (Å²) in [7, 11) is 1.68. The Morgan fingerprint density at radius 3 is 2.43 bits per heavy atom. The van der Waals surface area contributed by atoms with Crippen molar-refractivity contribution in [3.8, 4) is 5.75 Å². The van der Waals surface area contributed by atoms with E-state index in [0.29, 0.717) is 13.0 Å². The van der Waals surface area contributed by atoms with Crippen LogP contribution in [0.15, 0.2) is 48.5 Å². The fourth-order valence-corrected chi connectivity index (χ4v) is 2.56. The maximum Gasteiger partial charge on any atom is 0.224 e. The molecule has 0 saturated carbocycles. The molecule has 0 saturated heterocycles. The Balaban J connectivity index is 1.72. The van der Waals surface area contributed by atoms with Crippen LogP contribution in [0.25, 0.3) is 0 Å². The van der Waals surface area contributed by atoms with Gasteiger partial charge in [-0.2, -0.15) is 0 Å². The number of carbonyl (C=O) groups excluding carboxylic acids is 1. The highest BCUT2D eigenvalue weighted by molar-refractivity contribution is 5.78. The molecular weight excluding hydrogens is 286 g/mol. The van der Waals surface area contributed by atoms with Gasteiger partial charge in [0, 0.05) is 6.54 Å². The van der Waals surface area contributed by atoms with Crippen molar-refractivity contribution < 1.29 is 9.53 Å². The highest BCUT2D eigenvalue weighted by Crippen LogP contribution is 2.18. The maximum atomic E-state index is 12.0. The van der Waals surface area contributed by atoms with Gasteiger partial charge in [0.1, 0.15) is 5.75 Å². The monoisotopic (exact) mass is 311 g/mol. The molecule has 3 heteroatoms. The number of rotatable bonds is 8. The molecule has 0 aromatic heterocycles. The molecule has 3 nitrogen and oxygen atoms in total. The number of para-hydroxylation sites is 1. The fourth-order valence-electron chi connectivity index (χ4n) is 2.56. The van der Waals surface area contributed by atoms with Crippen molar-refractivity contribution in [2.75, 3.05) is 13.7 Å². The molecule has 0 spiro atoms. The Labute approximate surface area is 138 Å². The van der Waals surface area contributed by atoms with Gasteiger partial charge < -0.3 is 10.1 Å². The zero-order valence-corrected chi connectivity index (χ0v) is 14.0. The Morgan fingerprint density at radius 1 is 1.04 bits per heavy atom. The van der Waals surface area contributed by atoms with Crippen LogP contribution >= 0.6 is 0 Å². The zero-order chi connectivity index (χ0) is 16.5. The molecule has 0 atom stereocenters. The van der Waals surface area contributed by atoms with E-state index in [9.17, 15) is 4.79 Å². The Kier molecular flexibility index (Phi) is 6.67. The number of hydrogen-bond acceptors (Lipinski definition) is 2. The summed E-state index contributed by atoms with van der Waals surface area (Å²) in [6, 6.07) is 16.3. The minimum atomic E-state index is 0.0780. The second kappa shape index (κ2) is 8.99. The lowest BCUT2D eigenvalue weighted by Gasteiger charge is -2.09. The van der Waals surface area contributed by atoms with E-state index in [-0.39, 0.29) is 5.91 Å². The molecule has 122 valence electrons. The summed E-state index contributed by atoms with van der Waals surface area (Å²) in [6.45, 7) is 2.81. The smallest absolute Gasteiger partial charge is 0.224 e. The van der Waals surface area contributed by atoms with E-state index in [1.807, 2.05) is 30.3 Å². The average Bonchev–Trinajstić information content (AvgIpc) is 2.59. The lowest BCUT2D eigenvalue weighted by atomic mass is 10.1. The molecule has 0 bridgehead atoms. The Bertz CT molecular complexity index is 620. The van der Waals surface area contributed by atoms with E-state index in [1.165, 1.54) is 11.1 Å². The van der Waals surface area contributed by atoms with Gasteiger partial charge in [-0.3, -0.25) is 4.79 Å². The molecule has 2 aromatic rings. The molecule has 0 aliphatic rings. The van der Waals surface area contributed by atoms with Crippen molar-refractivity contribution in [1.82, 2.24) is 5.32 Å². The first kappa shape index (κ1) is 17.1. The van der Waals surface area contributed by atoms with Gasteiger partial charge in [0.2, 0.25) is 5.91 Å². The number of hydrogen-bond donors (Lipinski definition) is 1. The largest absolute Gasteiger partial charge is 0.496 e. The van der Waals surface area contributed by atoms with E-state index in [1.54, 1.807) is 7.11 Å².